The zero-order valence-corrected chi connectivity index (χ0v) is 8.78. The summed E-state index contributed by atoms with van der Waals surface area (Å²) in [7, 11) is 0. The van der Waals surface area contributed by atoms with Crippen LogP contribution in [0.15, 0.2) is 41.8 Å². The van der Waals surface area contributed by atoms with Crippen molar-refractivity contribution >= 4 is 11.8 Å². The van der Waals surface area contributed by atoms with Crippen molar-refractivity contribution in [3.05, 3.63) is 47.4 Å². The van der Waals surface area contributed by atoms with Crippen molar-refractivity contribution in [1.29, 1.82) is 0 Å². The van der Waals surface area contributed by atoms with E-state index in [9.17, 15) is 0 Å². The lowest BCUT2D eigenvalue weighted by Crippen LogP contribution is -2.20. The number of rotatable bonds is 5. The average molecular weight is 209 g/mol. The van der Waals surface area contributed by atoms with Crippen molar-refractivity contribution in [2.75, 3.05) is 6.61 Å². The van der Waals surface area contributed by atoms with E-state index < -0.39 is 0 Å². The molecule has 0 bridgehead atoms. The van der Waals surface area contributed by atoms with Crippen LogP contribution in [0.3, 0.4) is 0 Å². The molecule has 1 atom stereocenters. The highest BCUT2D eigenvalue weighted by Gasteiger charge is 1.92. The van der Waals surface area contributed by atoms with Crippen LogP contribution in [0.2, 0.25) is 0 Å². The molecule has 0 heterocycles. The number of aliphatic hydroxyl groups is 1. The zero-order valence-electron chi connectivity index (χ0n) is 7.97. The number of aliphatic hydroxyl groups excluding tert-OH is 1. The molecule has 0 saturated heterocycles. The molecule has 0 unspecified atom stereocenters. The Balaban J connectivity index is 2.25. The van der Waals surface area contributed by atoms with Gasteiger partial charge in [0.05, 0.1) is 6.61 Å². The van der Waals surface area contributed by atoms with E-state index in [1.54, 1.807) is 11.8 Å². The SMILES string of the molecule is N[C@H](/C=C/SCc1ccccc1)CO. The molecule has 0 aromatic heterocycles. The predicted molar refractivity (Wildman–Crippen MR) is 61.9 cm³/mol. The lowest BCUT2D eigenvalue weighted by molar-refractivity contribution is 0.284. The van der Waals surface area contributed by atoms with Gasteiger partial charge >= 0.3 is 0 Å². The zero-order chi connectivity index (χ0) is 10.2. The van der Waals surface area contributed by atoms with Crippen molar-refractivity contribution < 1.29 is 5.11 Å². The molecule has 0 saturated carbocycles. The van der Waals surface area contributed by atoms with Gasteiger partial charge in [-0.1, -0.05) is 36.4 Å². The molecule has 0 amide bonds. The average Bonchev–Trinajstić information content (AvgIpc) is 2.25. The highest BCUT2D eigenvalue weighted by atomic mass is 32.2. The van der Waals surface area contributed by atoms with E-state index in [4.69, 9.17) is 10.8 Å². The van der Waals surface area contributed by atoms with Crippen LogP contribution in [0, 0.1) is 0 Å². The molecule has 3 heteroatoms. The molecule has 0 aliphatic heterocycles. The second-order valence-electron chi connectivity index (χ2n) is 2.97. The standard InChI is InChI=1S/C11H15NOS/c12-11(8-13)6-7-14-9-10-4-2-1-3-5-10/h1-7,11,13H,8-9,12H2/b7-6+/t11-/m1/s1. The molecule has 1 aromatic rings. The monoisotopic (exact) mass is 209 g/mol. The van der Waals surface area contributed by atoms with Gasteiger partial charge in [0.15, 0.2) is 0 Å². The molecule has 0 spiro atoms. The predicted octanol–water partition coefficient (Wildman–Crippen LogP) is 1.75. The van der Waals surface area contributed by atoms with Crippen LogP contribution in [-0.4, -0.2) is 17.8 Å². The summed E-state index contributed by atoms with van der Waals surface area (Å²) in [4.78, 5) is 0. The van der Waals surface area contributed by atoms with Gasteiger partial charge in [-0.2, -0.15) is 0 Å². The highest BCUT2D eigenvalue weighted by molar-refractivity contribution is 8.01. The van der Waals surface area contributed by atoms with E-state index in [0.29, 0.717) is 0 Å². The van der Waals surface area contributed by atoms with E-state index in [1.807, 2.05) is 29.7 Å². The molecule has 3 N–H and O–H groups in total. The van der Waals surface area contributed by atoms with E-state index >= 15 is 0 Å². The number of thioether (sulfide) groups is 1. The van der Waals surface area contributed by atoms with Crippen LogP contribution < -0.4 is 5.73 Å². The Hall–Kier alpha value is -0.770. The Morgan fingerprint density at radius 1 is 1.36 bits per heavy atom. The first-order valence-electron chi connectivity index (χ1n) is 4.51. The van der Waals surface area contributed by atoms with E-state index in [-0.39, 0.29) is 12.6 Å². The van der Waals surface area contributed by atoms with Crippen LogP contribution >= 0.6 is 11.8 Å². The van der Waals surface area contributed by atoms with Crippen LogP contribution in [0.4, 0.5) is 0 Å². The molecule has 1 aromatic carbocycles. The van der Waals surface area contributed by atoms with Gasteiger partial charge in [0, 0.05) is 11.8 Å². The van der Waals surface area contributed by atoms with Gasteiger partial charge in [-0.25, -0.2) is 0 Å². The van der Waals surface area contributed by atoms with Gasteiger partial charge in [0.1, 0.15) is 0 Å². The van der Waals surface area contributed by atoms with Crippen LogP contribution in [0.1, 0.15) is 5.56 Å². The molecule has 0 radical (unpaired) electrons. The minimum Gasteiger partial charge on any atom is -0.394 e. The number of hydrogen-bond acceptors (Lipinski definition) is 3. The number of nitrogens with two attached hydrogens (primary N) is 1. The lowest BCUT2D eigenvalue weighted by atomic mass is 10.2. The summed E-state index contributed by atoms with van der Waals surface area (Å²) in [5, 5.41) is 10.6. The minimum absolute atomic E-state index is 0.00238. The summed E-state index contributed by atoms with van der Waals surface area (Å²) in [6.07, 6.45) is 1.81. The van der Waals surface area contributed by atoms with E-state index in [1.165, 1.54) is 5.56 Å². The third-order valence-corrected chi connectivity index (χ3v) is 2.58. The Labute approximate surface area is 88.8 Å². The first kappa shape index (κ1) is 11.3. The van der Waals surface area contributed by atoms with E-state index in [0.717, 1.165) is 5.75 Å². The van der Waals surface area contributed by atoms with Gasteiger partial charge in [0.25, 0.3) is 0 Å². The first-order valence-corrected chi connectivity index (χ1v) is 5.56. The largest absolute Gasteiger partial charge is 0.394 e. The maximum atomic E-state index is 8.67. The number of benzene rings is 1. The van der Waals surface area contributed by atoms with E-state index in [2.05, 4.69) is 12.1 Å². The Morgan fingerprint density at radius 2 is 2.07 bits per heavy atom. The molecule has 0 fully saturated rings. The molecular weight excluding hydrogens is 194 g/mol. The Kier molecular flexibility index (Phi) is 5.37. The van der Waals surface area contributed by atoms with Crippen molar-refractivity contribution in [2.45, 2.75) is 11.8 Å². The second kappa shape index (κ2) is 6.65. The Morgan fingerprint density at radius 3 is 2.71 bits per heavy atom. The molecule has 0 aliphatic rings. The third kappa shape index (κ3) is 4.46. The maximum Gasteiger partial charge on any atom is 0.0618 e. The fraction of sp³-hybridized carbons (Fsp3) is 0.273. The molecule has 0 aliphatic carbocycles. The highest BCUT2D eigenvalue weighted by Crippen LogP contribution is 2.12. The van der Waals surface area contributed by atoms with Gasteiger partial charge in [-0.05, 0) is 11.0 Å². The minimum atomic E-state index is -0.238. The third-order valence-electron chi connectivity index (χ3n) is 1.73. The lowest BCUT2D eigenvalue weighted by Gasteiger charge is -1.99. The van der Waals surface area contributed by atoms with Crippen molar-refractivity contribution in [2.24, 2.45) is 5.73 Å². The van der Waals surface area contributed by atoms with Crippen LogP contribution in [0.5, 0.6) is 0 Å². The van der Waals surface area contributed by atoms with Crippen LogP contribution in [0.25, 0.3) is 0 Å². The van der Waals surface area contributed by atoms with Gasteiger partial charge < -0.3 is 10.8 Å². The van der Waals surface area contributed by atoms with Gasteiger partial charge in [0.2, 0.25) is 0 Å². The fourth-order valence-electron chi connectivity index (χ4n) is 0.936. The molecule has 76 valence electrons. The summed E-state index contributed by atoms with van der Waals surface area (Å²) in [6.45, 7) is 0.00238. The van der Waals surface area contributed by atoms with Crippen molar-refractivity contribution in [3.8, 4) is 0 Å². The first-order chi connectivity index (χ1) is 6.83. The molecule has 14 heavy (non-hydrogen) atoms. The quantitative estimate of drug-likeness (QED) is 0.776. The van der Waals surface area contributed by atoms with Crippen molar-refractivity contribution in [3.63, 3.8) is 0 Å². The van der Waals surface area contributed by atoms with Crippen LogP contribution in [-0.2, 0) is 5.75 Å². The summed E-state index contributed by atoms with van der Waals surface area (Å²) in [5.74, 6) is 0.940. The topological polar surface area (TPSA) is 46.2 Å². The molecule has 2 nitrogen and oxygen atoms in total. The fourth-order valence-corrected chi connectivity index (χ4v) is 1.73. The normalized spacial score (nSPS) is 13.3. The van der Waals surface area contributed by atoms with Gasteiger partial charge in [-0.15, -0.1) is 11.8 Å². The Bertz CT molecular complexity index is 274. The molecular formula is C11H15NOS. The van der Waals surface area contributed by atoms with Gasteiger partial charge in [-0.3, -0.25) is 0 Å². The summed E-state index contributed by atoms with van der Waals surface area (Å²) < 4.78 is 0. The summed E-state index contributed by atoms with van der Waals surface area (Å²) in [6, 6.07) is 10.0. The maximum absolute atomic E-state index is 8.67. The summed E-state index contributed by atoms with van der Waals surface area (Å²) in [5.41, 5.74) is 6.79. The smallest absolute Gasteiger partial charge is 0.0618 e. The second-order valence-corrected chi connectivity index (χ2v) is 3.87. The number of hydrogen-bond donors (Lipinski definition) is 2. The van der Waals surface area contributed by atoms with Crippen molar-refractivity contribution in [1.82, 2.24) is 0 Å². The molecule has 1 rings (SSSR count). The summed E-state index contributed by atoms with van der Waals surface area (Å²) >= 11 is 1.68.